The van der Waals surface area contributed by atoms with Crippen LogP contribution in [0.4, 0.5) is 11.4 Å². The fourth-order valence-corrected chi connectivity index (χ4v) is 3.54. The van der Waals surface area contributed by atoms with E-state index in [4.69, 9.17) is 0 Å². The van der Waals surface area contributed by atoms with Crippen LogP contribution in [0.2, 0.25) is 0 Å². The summed E-state index contributed by atoms with van der Waals surface area (Å²) in [5.41, 5.74) is 2.34. The number of carbonyl (C=O) groups is 1. The lowest BCUT2D eigenvalue weighted by molar-refractivity contribution is 0.102. The quantitative estimate of drug-likeness (QED) is 0.715. The molecule has 0 aliphatic carbocycles. The second-order valence-electron chi connectivity index (χ2n) is 5.77. The molecule has 1 amide bonds. The molecule has 3 aromatic rings. The molecule has 0 aromatic heterocycles. The Hall–Kier alpha value is -3.12. The molecule has 0 bridgehead atoms. The average Bonchev–Trinajstić information content (AvgIpc) is 2.64. The Bertz CT molecular complexity index is 1030. The molecule has 2 N–H and O–H groups in total. The van der Waals surface area contributed by atoms with E-state index >= 15 is 0 Å². The number of hydrogen-bond donors (Lipinski definition) is 2. The largest absolute Gasteiger partial charge is 0.322 e. The summed E-state index contributed by atoms with van der Waals surface area (Å²) in [5.74, 6) is -0.365. The van der Waals surface area contributed by atoms with Crippen molar-refractivity contribution in [3.05, 3.63) is 90.0 Å². The second-order valence-corrected chi connectivity index (χ2v) is 7.45. The van der Waals surface area contributed by atoms with Gasteiger partial charge in [-0.3, -0.25) is 9.52 Å². The minimum Gasteiger partial charge on any atom is -0.322 e. The summed E-state index contributed by atoms with van der Waals surface area (Å²) < 4.78 is 27.6. The number of anilines is 2. The summed E-state index contributed by atoms with van der Waals surface area (Å²) in [6, 6.07) is 21.9. The van der Waals surface area contributed by atoms with Crippen LogP contribution in [0, 0.1) is 6.92 Å². The number of rotatable bonds is 5. The maximum Gasteiger partial charge on any atom is 0.261 e. The van der Waals surface area contributed by atoms with Crippen molar-refractivity contribution in [1.82, 2.24) is 0 Å². The summed E-state index contributed by atoms with van der Waals surface area (Å²) in [4.78, 5) is 12.5. The van der Waals surface area contributed by atoms with Crippen LogP contribution in [0.5, 0.6) is 0 Å². The third kappa shape index (κ3) is 4.10. The fraction of sp³-hybridized carbons (Fsp3) is 0.0500. The van der Waals surface area contributed by atoms with Crippen molar-refractivity contribution in [3.63, 3.8) is 0 Å². The highest BCUT2D eigenvalue weighted by Gasteiger charge is 2.16. The van der Waals surface area contributed by atoms with Crippen LogP contribution in [-0.4, -0.2) is 14.3 Å². The van der Waals surface area contributed by atoms with Gasteiger partial charge in [0.1, 0.15) is 0 Å². The number of amides is 1. The molecule has 0 aliphatic heterocycles. The number of aryl methyl sites for hydroxylation is 1. The van der Waals surface area contributed by atoms with Crippen LogP contribution in [0.25, 0.3) is 0 Å². The predicted molar refractivity (Wildman–Crippen MR) is 103 cm³/mol. The van der Waals surface area contributed by atoms with E-state index in [9.17, 15) is 13.2 Å². The molecule has 0 unspecified atom stereocenters. The topological polar surface area (TPSA) is 75.3 Å². The Labute approximate surface area is 152 Å². The number of nitrogens with one attached hydrogen (secondary N) is 2. The zero-order valence-corrected chi connectivity index (χ0v) is 15.0. The maximum atomic E-state index is 12.5. The van der Waals surface area contributed by atoms with Gasteiger partial charge in [-0.15, -0.1) is 0 Å². The molecule has 0 saturated carbocycles. The summed E-state index contributed by atoms with van der Waals surface area (Å²) >= 11 is 0. The molecule has 0 atom stereocenters. The minimum atomic E-state index is -3.78. The van der Waals surface area contributed by atoms with Gasteiger partial charge in [0.25, 0.3) is 15.9 Å². The van der Waals surface area contributed by atoms with Gasteiger partial charge >= 0.3 is 0 Å². The second kappa shape index (κ2) is 7.41. The molecule has 0 fully saturated rings. The number of para-hydroxylation sites is 2. The van der Waals surface area contributed by atoms with E-state index in [-0.39, 0.29) is 16.4 Å². The van der Waals surface area contributed by atoms with Crippen LogP contribution in [-0.2, 0) is 10.0 Å². The molecule has 3 aromatic carbocycles. The van der Waals surface area contributed by atoms with Crippen LogP contribution in [0.1, 0.15) is 15.9 Å². The Balaban J connectivity index is 1.83. The number of hydrogen-bond acceptors (Lipinski definition) is 3. The van der Waals surface area contributed by atoms with Gasteiger partial charge in [0, 0.05) is 16.9 Å². The van der Waals surface area contributed by atoms with Gasteiger partial charge in [0.15, 0.2) is 0 Å². The van der Waals surface area contributed by atoms with Crippen molar-refractivity contribution in [3.8, 4) is 0 Å². The molecule has 26 heavy (non-hydrogen) atoms. The van der Waals surface area contributed by atoms with Crippen molar-refractivity contribution in [1.29, 1.82) is 0 Å². The molecular weight excluding hydrogens is 348 g/mol. The first-order valence-electron chi connectivity index (χ1n) is 8.01. The Morgan fingerprint density at radius 1 is 0.846 bits per heavy atom. The van der Waals surface area contributed by atoms with Crippen LogP contribution in [0.15, 0.2) is 83.8 Å². The van der Waals surface area contributed by atoms with Gasteiger partial charge in [-0.25, -0.2) is 8.42 Å². The molecular formula is C20H18N2O3S. The van der Waals surface area contributed by atoms with E-state index in [2.05, 4.69) is 10.0 Å². The van der Waals surface area contributed by atoms with Crippen LogP contribution >= 0.6 is 0 Å². The first-order chi connectivity index (χ1) is 12.5. The number of sulfonamides is 1. The van der Waals surface area contributed by atoms with E-state index in [0.717, 1.165) is 5.56 Å². The van der Waals surface area contributed by atoms with Gasteiger partial charge in [-0.1, -0.05) is 42.5 Å². The predicted octanol–water partition coefficient (Wildman–Crippen LogP) is 4.05. The van der Waals surface area contributed by atoms with Gasteiger partial charge in [0.05, 0.1) is 4.90 Å². The van der Waals surface area contributed by atoms with E-state index < -0.39 is 10.0 Å². The fourth-order valence-electron chi connectivity index (χ4n) is 2.43. The zero-order chi connectivity index (χ0) is 18.6. The summed E-state index contributed by atoms with van der Waals surface area (Å²) in [6.07, 6.45) is 0. The summed E-state index contributed by atoms with van der Waals surface area (Å²) in [6.45, 7) is 1.89. The van der Waals surface area contributed by atoms with Crippen LogP contribution < -0.4 is 10.0 Å². The highest BCUT2D eigenvalue weighted by atomic mass is 32.2. The molecule has 5 nitrogen and oxygen atoms in total. The first kappa shape index (κ1) is 17.7. The molecule has 0 saturated heterocycles. The van der Waals surface area contributed by atoms with Crippen molar-refractivity contribution in [2.45, 2.75) is 11.8 Å². The molecule has 132 valence electrons. The Kier molecular flexibility index (Phi) is 5.04. The molecule has 0 aliphatic rings. The Morgan fingerprint density at radius 2 is 1.54 bits per heavy atom. The van der Waals surface area contributed by atoms with Gasteiger partial charge in [-0.05, 0) is 48.9 Å². The SMILES string of the molecule is Cc1ccccc1NC(=O)c1cccc(S(=O)(=O)Nc2ccccc2)c1. The Morgan fingerprint density at radius 3 is 2.27 bits per heavy atom. The average molecular weight is 366 g/mol. The molecule has 0 heterocycles. The molecule has 6 heteroatoms. The summed E-state index contributed by atoms with van der Waals surface area (Å²) in [5, 5.41) is 2.80. The van der Waals surface area contributed by atoms with E-state index in [0.29, 0.717) is 11.4 Å². The lowest BCUT2D eigenvalue weighted by atomic mass is 10.1. The van der Waals surface area contributed by atoms with Crippen molar-refractivity contribution < 1.29 is 13.2 Å². The third-order valence-electron chi connectivity index (χ3n) is 3.83. The van der Waals surface area contributed by atoms with Crippen LogP contribution in [0.3, 0.4) is 0 Å². The number of carbonyl (C=O) groups excluding carboxylic acids is 1. The van der Waals surface area contributed by atoms with Gasteiger partial charge in [-0.2, -0.15) is 0 Å². The first-order valence-corrected chi connectivity index (χ1v) is 9.49. The smallest absolute Gasteiger partial charge is 0.261 e. The van der Waals surface area contributed by atoms with Crippen molar-refractivity contribution >= 4 is 27.3 Å². The molecule has 0 radical (unpaired) electrons. The highest BCUT2D eigenvalue weighted by Crippen LogP contribution is 2.19. The molecule has 0 spiro atoms. The summed E-state index contributed by atoms with van der Waals surface area (Å²) in [7, 11) is -3.78. The third-order valence-corrected chi connectivity index (χ3v) is 5.20. The van der Waals surface area contributed by atoms with E-state index in [1.165, 1.54) is 12.1 Å². The van der Waals surface area contributed by atoms with Gasteiger partial charge in [0.2, 0.25) is 0 Å². The van der Waals surface area contributed by atoms with E-state index in [1.54, 1.807) is 48.5 Å². The number of benzene rings is 3. The maximum absolute atomic E-state index is 12.5. The van der Waals surface area contributed by atoms with E-state index in [1.807, 2.05) is 25.1 Å². The van der Waals surface area contributed by atoms with Crippen molar-refractivity contribution in [2.75, 3.05) is 10.0 Å². The zero-order valence-electron chi connectivity index (χ0n) is 14.1. The molecule has 3 rings (SSSR count). The minimum absolute atomic E-state index is 0.0267. The highest BCUT2D eigenvalue weighted by molar-refractivity contribution is 7.92. The normalized spacial score (nSPS) is 11.0. The lowest BCUT2D eigenvalue weighted by Gasteiger charge is -2.11. The van der Waals surface area contributed by atoms with Gasteiger partial charge < -0.3 is 5.32 Å². The lowest BCUT2D eigenvalue weighted by Crippen LogP contribution is -2.16. The van der Waals surface area contributed by atoms with Crippen molar-refractivity contribution in [2.24, 2.45) is 0 Å². The monoisotopic (exact) mass is 366 g/mol. The standard InChI is InChI=1S/C20H18N2O3S/c1-15-8-5-6-13-19(15)21-20(23)16-9-7-12-18(14-16)26(24,25)22-17-10-3-2-4-11-17/h2-14,22H,1H3,(H,21,23).